The summed E-state index contributed by atoms with van der Waals surface area (Å²) in [4.78, 5) is 24.2. The number of aromatic nitrogens is 2. The highest BCUT2D eigenvalue weighted by atomic mass is 35.5. The minimum absolute atomic E-state index is 0.493. The Kier molecular flexibility index (Phi) is 11.4. The second kappa shape index (κ2) is 14.3. The molecule has 2 N–H and O–H groups in total. The molecular formula is C25H27ClN6OS2. The lowest BCUT2D eigenvalue weighted by atomic mass is 10.1. The van der Waals surface area contributed by atoms with Gasteiger partial charge in [0.1, 0.15) is 11.9 Å². The maximum absolute atomic E-state index is 10.2. The number of carbonyl (C=O) groups excluding carboxylic acids is 1. The van der Waals surface area contributed by atoms with Crippen molar-refractivity contribution in [2.75, 3.05) is 11.2 Å². The molecule has 3 aromatic rings. The minimum atomic E-state index is -0.681. The number of benzene rings is 1. The number of rotatable bonds is 9. The first kappa shape index (κ1) is 28.1. The van der Waals surface area contributed by atoms with Crippen molar-refractivity contribution < 1.29 is 4.79 Å². The van der Waals surface area contributed by atoms with Crippen molar-refractivity contribution in [1.82, 2.24) is 15.3 Å². The van der Waals surface area contributed by atoms with Gasteiger partial charge in [-0.25, -0.2) is 9.97 Å². The molecule has 1 amide bonds. The van der Waals surface area contributed by atoms with Crippen LogP contribution >= 0.6 is 34.7 Å². The Labute approximate surface area is 219 Å². The normalized spacial score (nSPS) is 11.5. The van der Waals surface area contributed by atoms with Gasteiger partial charge in [0, 0.05) is 16.8 Å². The number of nitriles is 1. The Bertz CT molecular complexity index is 1220. The average Bonchev–Trinajstić information content (AvgIpc) is 3.18. The van der Waals surface area contributed by atoms with E-state index in [4.69, 9.17) is 16.9 Å². The van der Waals surface area contributed by atoms with Crippen LogP contribution in [-0.2, 0) is 4.79 Å². The largest absolute Gasteiger partial charge is 0.361 e. The molecule has 0 spiro atoms. The molecule has 0 aliphatic heterocycles. The lowest BCUT2D eigenvalue weighted by Crippen LogP contribution is -2.18. The van der Waals surface area contributed by atoms with Crippen LogP contribution in [0.25, 0.3) is 5.70 Å². The number of thioether (sulfide) groups is 1. The van der Waals surface area contributed by atoms with Crippen LogP contribution in [0.1, 0.15) is 38.3 Å². The number of aryl methyl sites for hydroxylation is 4. The van der Waals surface area contributed by atoms with Gasteiger partial charge in [0.05, 0.1) is 33.2 Å². The van der Waals surface area contributed by atoms with Crippen LogP contribution < -0.4 is 10.6 Å². The topological polar surface area (TPSA) is 103 Å². The molecule has 0 saturated carbocycles. The van der Waals surface area contributed by atoms with Crippen LogP contribution in [0, 0.1) is 39.0 Å². The van der Waals surface area contributed by atoms with Crippen molar-refractivity contribution >= 4 is 59.3 Å². The van der Waals surface area contributed by atoms with Crippen molar-refractivity contribution in [3.05, 3.63) is 79.2 Å². The van der Waals surface area contributed by atoms with Crippen LogP contribution in [-0.4, -0.2) is 29.0 Å². The Morgan fingerprint density at radius 1 is 1.31 bits per heavy atom. The fourth-order valence-electron chi connectivity index (χ4n) is 2.90. The Morgan fingerprint density at radius 3 is 2.66 bits per heavy atom. The summed E-state index contributed by atoms with van der Waals surface area (Å²) < 4.78 is 0. The summed E-state index contributed by atoms with van der Waals surface area (Å²) in [6.07, 6.45) is 2.34. The predicted octanol–water partition coefficient (Wildman–Crippen LogP) is 6.22. The number of hydrogen-bond acceptors (Lipinski definition) is 8. The summed E-state index contributed by atoms with van der Waals surface area (Å²) >= 11 is 9.27. The highest BCUT2D eigenvalue weighted by Gasteiger charge is 2.13. The number of aliphatic imine (C=N–C) groups is 1. The van der Waals surface area contributed by atoms with Crippen molar-refractivity contribution in [1.29, 1.82) is 5.26 Å². The van der Waals surface area contributed by atoms with Gasteiger partial charge in [0.2, 0.25) is 6.41 Å². The van der Waals surface area contributed by atoms with Gasteiger partial charge >= 0.3 is 0 Å². The summed E-state index contributed by atoms with van der Waals surface area (Å²) in [6, 6.07) is 10.7. The number of hydrogen-bond donors (Lipinski definition) is 2. The third-order valence-corrected chi connectivity index (χ3v) is 6.96. The van der Waals surface area contributed by atoms with E-state index in [1.54, 1.807) is 35.2 Å². The first-order valence-electron chi connectivity index (χ1n) is 10.5. The van der Waals surface area contributed by atoms with Crippen molar-refractivity contribution in [2.24, 2.45) is 4.99 Å². The maximum Gasteiger partial charge on any atom is 0.208 e. The van der Waals surface area contributed by atoms with Crippen molar-refractivity contribution in [3.8, 4) is 6.07 Å². The molecule has 35 heavy (non-hydrogen) atoms. The summed E-state index contributed by atoms with van der Waals surface area (Å²) in [6.45, 7) is 11.5. The lowest BCUT2D eigenvalue weighted by Gasteiger charge is -2.11. The first-order chi connectivity index (χ1) is 16.8. The molecule has 10 heteroatoms. The number of carbonyl (C=O) groups is 1. The van der Waals surface area contributed by atoms with Gasteiger partial charge in [-0.1, -0.05) is 35.9 Å². The molecule has 0 bridgehead atoms. The average molecular weight is 527 g/mol. The standard InChI is InChI=1S/C15H18N4S2.C10H9ClN2O/c1-10-5-6-14(17-7-10)18-9-20-8-13(16-4)15-11(2)19-12(3)21-15;1-7-3-2-4-8(10(7)11)9(5-12)13-6-14/h5-8H,4,9H2,1-3H3,(H,17,18);2-4,6,9H,1H3,(H,13,14)/b13-8-;. The van der Waals surface area contributed by atoms with Crippen LogP contribution in [0.15, 0.2) is 46.9 Å². The van der Waals surface area contributed by atoms with Crippen LogP contribution in [0.3, 0.4) is 0 Å². The maximum atomic E-state index is 10.2. The van der Waals surface area contributed by atoms with E-state index in [1.165, 1.54) is 0 Å². The third kappa shape index (κ3) is 8.51. The van der Waals surface area contributed by atoms with E-state index in [9.17, 15) is 4.79 Å². The van der Waals surface area contributed by atoms with Crippen molar-refractivity contribution in [3.63, 3.8) is 0 Å². The molecule has 0 aliphatic carbocycles. The van der Waals surface area contributed by atoms with E-state index >= 15 is 0 Å². The van der Waals surface area contributed by atoms with Crippen molar-refractivity contribution in [2.45, 2.75) is 33.7 Å². The molecule has 2 heterocycles. The van der Waals surface area contributed by atoms with Gasteiger partial charge in [-0.2, -0.15) is 5.26 Å². The number of amides is 1. The van der Waals surface area contributed by atoms with Gasteiger partial charge in [-0.05, 0) is 57.0 Å². The molecule has 1 aromatic carbocycles. The van der Waals surface area contributed by atoms with E-state index in [0.717, 1.165) is 44.1 Å². The van der Waals surface area contributed by atoms with Gasteiger partial charge in [0.25, 0.3) is 0 Å². The van der Waals surface area contributed by atoms with E-state index in [1.807, 2.05) is 63.6 Å². The van der Waals surface area contributed by atoms with E-state index in [2.05, 4.69) is 32.3 Å². The second-order valence-corrected chi connectivity index (χ2v) is 9.78. The number of nitrogens with one attached hydrogen (secondary N) is 2. The van der Waals surface area contributed by atoms with Gasteiger partial charge in [-0.3, -0.25) is 9.79 Å². The Balaban J connectivity index is 0.000000269. The number of anilines is 1. The zero-order chi connectivity index (χ0) is 25.8. The summed E-state index contributed by atoms with van der Waals surface area (Å²) in [5, 5.41) is 18.0. The number of nitrogens with zero attached hydrogens (tertiary/aromatic N) is 4. The summed E-state index contributed by atoms with van der Waals surface area (Å²) in [5.74, 6) is 1.60. The van der Waals surface area contributed by atoms with E-state index in [0.29, 0.717) is 17.0 Å². The summed E-state index contributed by atoms with van der Waals surface area (Å²) in [5.41, 5.74) is 4.55. The van der Waals surface area contributed by atoms with E-state index in [-0.39, 0.29) is 0 Å². The molecule has 7 nitrogen and oxygen atoms in total. The second-order valence-electron chi connectivity index (χ2n) is 7.34. The molecule has 1 atom stereocenters. The number of thiazole rings is 1. The SMILES string of the molecule is C=N/C(=C\SCNc1ccc(C)cn1)c1sc(C)nc1C.Cc1cccc(C(C#N)NC=O)c1Cl. The molecule has 0 saturated heterocycles. The monoisotopic (exact) mass is 526 g/mol. The summed E-state index contributed by atoms with van der Waals surface area (Å²) in [7, 11) is 0. The van der Waals surface area contributed by atoms with Gasteiger partial charge in [-0.15, -0.1) is 23.1 Å². The first-order valence-corrected chi connectivity index (χ1v) is 12.8. The zero-order valence-electron chi connectivity index (χ0n) is 20.0. The molecule has 2 aromatic heterocycles. The zero-order valence-corrected chi connectivity index (χ0v) is 22.4. The third-order valence-electron chi connectivity index (χ3n) is 4.65. The highest BCUT2D eigenvalue weighted by molar-refractivity contribution is 8.02. The fraction of sp³-hybridized carbons (Fsp3) is 0.240. The lowest BCUT2D eigenvalue weighted by molar-refractivity contribution is -0.109. The minimum Gasteiger partial charge on any atom is -0.361 e. The Hall–Kier alpha value is -3.19. The quantitative estimate of drug-likeness (QED) is 0.148. The van der Waals surface area contributed by atoms with E-state index < -0.39 is 6.04 Å². The van der Waals surface area contributed by atoms with Crippen LogP contribution in [0.5, 0.6) is 0 Å². The number of halogens is 1. The highest BCUT2D eigenvalue weighted by Crippen LogP contribution is 2.28. The molecular weight excluding hydrogens is 500 g/mol. The fourth-order valence-corrected chi connectivity index (χ4v) is 4.77. The molecule has 3 rings (SSSR count). The molecule has 0 radical (unpaired) electrons. The predicted molar refractivity (Wildman–Crippen MR) is 148 cm³/mol. The molecule has 182 valence electrons. The van der Waals surface area contributed by atoms with Crippen LogP contribution in [0.4, 0.5) is 5.82 Å². The molecule has 0 aliphatic rings. The van der Waals surface area contributed by atoms with Gasteiger partial charge < -0.3 is 10.6 Å². The van der Waals surface area contributed by atoms with Gasteiger partial charge in [0.15, 0.2) is 0 Å². The smallest absolute Gasteiger partial charge is 0.208 e. The molecule has 0 fully saturated rings. The Morgan fingerprint density at radius 2 is 2.09 bits per heavy atom. The number of pyridine rings is 1. The van der Waals surface area contributed by atoms with Crippen LogP contribution in [0.2, 0.25) is 5.02 Å². The molecule has 1 unspecified atom stereocenters.